The van der Waals surface area contributed by atoms with E-state index in [1.807, 2.05) is 78.9 Å². The van der Waals surface area contributed by atoms with E-state index < -0.39 is 12.1 Å². The van der Waals surface area contributed by atoms with Gasteiger partial charge >= 0.3 is 0 Å². The number of hydrogen-bond acceptors (Lipinski definition) is 3. The molecule has 2 atom stereocenters. The molecule has 0 N–H and O–H groups in total. The lowest BCUT2D eigenvalue weighted by Crippen LogP contribution is -2.23. The van der Waals surface area contributed by atoms with Crippen LogP contribution in [0.25, 0.3) is 21.5 Å². The SMILES string of the molecule is C[C@@H]([C@@H](N=Cc1ccc2ccccc2c1)c1ccc2ccccc2c1)[N+](=O)[O-]. The Labute approximate surface area is 163 Å². The molecular formula is C24H20N2O2. The van der Waals surface area contributed by atoms with E-state index in [9.17, 15) is 10.1 Å². The highest BCUT2D eigenvalue weighted by Gasteiger charge is 2.27. The summed E-state index contributed by atoms with van der Waals surface area (Å²) < 4.78 is 0. The molecule has 0 aliphatic rings. The predicted octanol–water partition coefficient (Wildman–Crippen LogP) is 5.82. The van der Waals surface area contributed by atoms with E-state index in [1.165, 1.54) is 0 Å². The Kier molecular flexibility index (Phi) is 4.85. The first kappa shape index (κ1) is 17.9. The molecule has 4 aromatic carbocycles. The van der Waals surface area contributed by atoms with E-state index in [1.54, 1.807) is 13.1 Å². The minimum Gasteiger partial charge on any atom is -0.277 e. The van der Waals surface area contributed by atoms with Crippen molar-refractivity contribution < 1.29 is 4.92 Å². The van der Waals surface area contributed by atoms with Crippen LogP contribution in [-0.4, -0.2) is 17.2 Å². The average Bonchev–Trinajstić information content (AvgIpc) is 2.73. The van der Waals surface area contributed by atoms with Crippen LogP contribution in [0.5, 0.6) is 0 Å². The van der Waals surface area contributed by atoms with E-state index in [2.05, 4.69) is 11.1 Å². The van der Waals surface area contributed by atoms with Gasteiger partial charge in [0.05, 0.1) is 0 Å². The molecule has 4 heteroatoms. The van der Waals surface area contributed by atoms with E-state index in [0.717, 1.165) is 32.7 Å². The number of nitro groups is 1. The summed E-state index contributed by atoms with van der Waals surface area (Å²) in [5, 5.41) is 15.9. The summed E-state index contributed by atoms with van der Waals surface area (Å²) >= 11 is 0. The maximum atomic E-state index is 11.5. The molecule has 0 fully saturated rings. The maximum absolute atomic E-state index is 11.5. The summed E-state index contributed by atoms with van der Waals surface area (Å²) in [4.78, 5) is 15.9. The fraction of sp³-hybridized carbons (Fsp3) is 0.125. The highest BCUT2D eigenvalue weighted by Crippen LogP contribution is 2.27. The summed E-state index contributed by atoms with van der Waals surface area (Å²) in [7, 11) is 0. The molecular weight excluding hydrogens is 348 g/mol. The van der Waals surface area contributed by atoms with Gasteiger partial charge in [-0.2, -0.15) is 0 Å². The third-order valence-corrected chi connectivity index (χ3v) is 5.06. The van der Waals surface area contributed by atoms with Gasteiger partial charge in [-0.15, -0.1) is 0 Å². The highest BCUT2D eigenvalue weighted by atomic mass is 16.6. The van der Waals surface area contributed by atoms with Crippen LogP contribution in [-0.2, 0) is 0 Å². The first-order chi connectivity index (χ1) is 13.6. The fourth-order valence-electron chi connectivity index (χ4n) is 3.45. The molecule has 0 unspecified atom stereocenters. The standard InChI is InChI=1S/C24H20N2O2/c1-17(26(27)28)24(23-13-12-20-7-3-5-9-22(20)15-23)25-16-18-10-11-19-6-2-4-8-21(19)14-18/h2-17,24H,1H3/t17-,24+/m0/s1. The molecule has 0 amide bonds. The van der Waals surface area contributed by atoms with Gasteiger partial charge in [-0.25, -0.2) is 0 Å². The summed E-state index contributed by atoms with van der Waals surface area (Å²) in [5.41, 5.74) is 1.78. The smallest absolute Gasteiger partial charge is 0.236 e. The van der Waals surface area contributed by atoms with Crippen molar-refractivity contribution in [3.05, 3.63) is 106 Å². The quantitative estimate of drug-likeness (QED) is 0.253. The minimum atomic E-state index is -0.821. The molecule has 0 aliphatic heterocycles. The average molecular weight is 368 g/mol. The number of fused-ring (bicyclic) bond motifs is 2. The first-order valence-electron chi connectivity index (χ1n) is 9.26. The molecule has 0 heterocycles. The number of nitrogens with zero attached hydrogens (tertiary/aromatic N) is 2. The zero-order valence-corrected chi connectivity index (χ0v) is 15.5. The van der Waals surface area contributed by atoms with Crippen molar-refractivity contribution in [2.45, 2.75) is 19.0 Å². The van der Waals surface area contributed by atoms with E-state index in [4.69, 9.17) is 0 Å². The van der Waals surface area contributed by atoms with Gasteiger partial charge in [-0.3, -0.25) is 15.1 Å². The number of aliphatic imine (C=N–C) groups is 1. The van der Waals surface area contributed by atoms with Crippen LogP contribution < -0.4 is 0 Å². The van der Waals surface area contributed by atoms with Crippen molar-refractivity contribution in [2.24, 2.45) is 4.99 Å². The van der Waals surface area contributed by atoms with Crippen molar-refractivity contribution in [1.82, 2.24) is 0 Å². The van der Waals surface area contributed by atoms with Gasteiger partial charge in [-0.05, 0) is 44.8 Å². The lowest BCUT2D eigenvalue weighted by molar-refractivity contribution is -0.522. The number of benzene rings is 4. The molecule has 0 saturated carbocycles. The van der Waals surface area contributed by atoms with Crippen molar-refractivity contribution in [1.29, 1.82) is 0 Å². The third-order valence-electron chi connectivity index (χ3n) is 5.06. The number of rotatable bonds is 5. The Morgan fingerprint density at radius 3 is 2.04 bits per heavy atom. The predicted molar refractivity (Wildman–Crippen MR) is 115 cm³/mol. The summed E-state index contributed by atoms with van der Waals surface area (Å²) in [6.45, 7) is 1.61. The topological polar surface area (TPSA) is 55.5 Å². The Morgan fingerprint density at radius 2 is 1.39 bits per heavy atom. The molecule has 0 aromatic heterocycles. The Balaban J connectivity index is 1.72. The van der Waals surface area contributed by atoms with Gasteiger partial charge in [0.15, 0.2) is 0 Å². The second-order valence-electron chi connectivity index (χ2n) is 6.96. The third kappa shape index (κ3) is 3.62. The van der Waals surface area contributed by atoms with Crippen LogP contribution >= 0.6 is 0 Å². The zero-order valence-electron chi connectivity index (χ0n) is 15.5. The minimum absolute atomic E-state index is 0.266. The maximum Gasteiger partial charge on any atom is 0.236 e. The molecule has 0 aliphatic carbocycles. The Morgan fingerprint density at radius 1 is 0.821 bits per heavy atom. The number of hydrogen-bond donors (Lipinski definition) is 0. The first-order valence-corrected chi connectivity index (χ1v) is 9.26. The zero-order chi connectivity index (χ0) is 19.5. The highest BCUT2D eigenvalue weighted by molar-refractivity contribution is 5.90. The van der Waals surface area contributed by atoms with Crippen molar-refractivity contribution in [3.63, 3.8) is 0 Å². The van der Waals surface area contributed by atoms with Crippen LogP contribution in [0, 0.1) is 10.1 Å². The summed E-state index contributed by atoms with van der Waals surface area (Å²) in [6, 6.07) is 26.7. The van der Waals surface area contributed by atoms with Gasteiger partial charge in [0.25, 0.3) is 0 Å². The normalized spacial score (nSPS) is 13.8. The molecule has 4 nitrogen and oxygen atoms in total. The van der Waals surface area contributed by atoms with Gasteiger partial charge in [0.1, 0.15) is 6.04 Å². The van der Waals surface area contributed by atoms with Crippen LogP contribution in [0.15, 0.2) is 89.9 Å². The molecule has 0 spiro atoms. The largest absolute Gasteiger partial charge is 0.277 e. The van der Waals surface area contributed by atoms with Gasteiger partial charge < -0.3 is 0 Å². The monoisotopic (exact) mass is 368 g/mol. The van der Waals surface area contributed by atoms with Crippen LogP contribution in [0.2, 0.25) is 0 Å². The second-order valence-corrected chi connectivity index (χ2v) is 6.96. The molecule has 138 valence electrons. The summed E-state index contributed by atoms with van der Waals surface area (Å²) in [6.07, 6.45) is 1.74. The fourth-order valence-corrected chi connectivity index (χ4v) is 3.45. The summed E-state index contributed by atoms with van der Waals surface area (Å²) in [5.74, 6) is 0. The lowest BCUT2D eigenvalue weighted by atomic mass is 9.98. The molecule has 28 heavy (non-hydrogen) atoms. The van der Waals surface area contributed by atoms with Gasteiger partial charge in [-0.1, -0.05) is 72.8 Å². The second kappa shape index (κ2) is 7.61. The Hall–Kier alpha value is -3.53. The van der Waals surface area contributed by atoms with Gasteiger partial charge in [0.2, 0.25) is 6.04 Å². The molecule has 0 bridgehead atoms. The van der Waals surface area contributed by atoms with Gasteiger partial charge in [0, 0.05) is 18.1 Å². The molecule has 0 radical (unpaired) electrons. The van der Waals surface area contributed by atoms with Crippen molar-refractivity contribution >= 4 is 27.8 Å². The van der Waals surface area contributed by atoms with Crippen molar-refractivity contribution in [2.75, 3.05) is 0 Å². The Bertz CT molecular complexity index is 1180. The van der Waals surface area contributed by atoms with Crippen LogP contribution in [0.4, 0.5) is 0 Å². The molecule has 4 aromatic rings. The van der Waals surface area contributed by atoms with Crippen molar-refractivity contribution in [3.8, 4) is 0 Å². The van der Waals surface area contributed by atoms with Crippen LogP contribution in [0.3, 0.4) is 0 Å². The lowest BCUT2D eigenvalue weighted by Gasteiger charge is -2.15. The van der Waals surface area contributed by atoms with Crippen LogP contribution in [0.1, 0.15) is 24.1 Å². The van der Waals surface area contributed by atoms with E-state index in [0.29, 0.717) is 0 Å². The van der Waals surface area contributed by atoms with E-state index >= 15 is 0 Å². The molecule has 4 rings (SSSR count). The molecule has 0 saturated heterocycles. The van der Waals surface area contributed by atoms with E-state index in [-0.39, 0.29) is 4.92 Å².